The predicted molar refractivity (Wildman–Crippen MR) is 48.4 cm³/mol. The van der Waals surface area contributed by atoms with Gasteiger partial charge in [-0.05, 0) is 12.8 Å². The van der Waals surface area contributed by atoms with Gasteiger partial charge in [-0.1, -0.05) is 0 Å². The monoisotopic (exact) mass is 184 g/mol. The quantitative estimate of drug-likeness (QED) is 0.602. The van der Waals surface area contributed by atoms with E-state index < -0.39 is 0 Å². The average Bonchev–Trinajstić information content (AvgIpc) is 2.59. The van der Waals surface area contributed by atoms with E-state index >= 15 is 0 Å². The molecule has 2 heterocycles. The summed E-state index contributed by atoms with van der Waals surface area (Å²) in [4.78, 5) is 13.2. The normalized spacial score (nSPS) is 37.5. The number of fused-ring (bicyclic) bond motifs is 1. The molecule has 0 saturated carbocycles. The zero-order valence-electron chi connectivity index (χ0n) is 8.12. The minimum atomic E-state index is -0.0229. The fraction of sp³-hybridized carbons (Fsp3) is 0.889. The van der Waals surface area contributed by atoms with Gasteiger partial charge in [0.05, 0.1) is 12.1 Å². The van der Waals surface area contributed by atoms with E-state index in [9.17, 15) is 4.79 Å². The molecule has 0 radical (unpaired) electrons. The number of amides is 1. The Kier molecular flexibility index (Phi) is 2.26. The van der Waals surface area contributed by atoms with Crippen molar-refractivity contribution in [1.82, 2.24) is 10.2 Å². The van der Waals surface area contributed by atoms with Crippen LogP contribution in [0.2, 0.25) is 0 Å². The van der Waals surface area contributed by atoms with Crippen LogP contribution in [0.4, 0.5) is 0 Å². The van der Waals surface area contributed by atoms with Crippen molar-refractivity contribution in [3.63, 3.8) is 0 Å². The molecule has 0 spiro atoms. The largest absolute Gasteiger partial charge is 0.376 e. The second-order valence-corrected chi connectivity index (χ2v) is 3.99. The highest BCUT2D eigenvalue weighted by Gasteiger charge is 2.41. The molecule has 2 saturated heterocycles. The van der Waals surface area contributed by atoms with E-state index in [0.717, 1.165) is 19.4 Å². The molecule has 3 atom stereocenters. The van der Waals surface area contributed by atoms with Crippen molar-refractivity contribution in [3.05, 3.63) is 0 Å². The number of carbonyl (C=O) groups excluding carboxylic acids is 1. The summed E-state index contributed by atoms with van der Waals surface area (Å²) in [6, 6.07) is 0.388. The fourth-order valence-corrected chi connectivity index (χ4v) is 2.11. The van der Waals surface area contributed by atoms with Crippen LogP contribution >= 0.6 is 0 Å². The Balaban J connectivity index is 1.95. The molecule has 4 nitrogen and oxygen atoms in total. The molecule has 2 fully saturated rings. The Labute approximate surface area is 78.2 Å². The summed E-state index contributed by atoms with van der Waals surface area (Å²) >= 11 is 0. The highest BCUT2D eigenvalue weighted by atomic mass is 16.5. The summed E-state index contributed by atoms with van der Waals surface area (Å²) in [7, 11) is 3.58. The van der Waals surface area contributed by atoms with Crippen molar-refractivity contribution >= 4 is 5.91 Å². The third-order valence-electron chi connectivity index (χ3n) is 2.83. The lowest BCUT2D eigenvalue weighted by Crippen LogP contribution is -2.42. The Morgan fingerprint density at radius 1 is 1.54 bits per heavy atom. The van der Waals surface area contributed by atoms with E-state index in [4.69, 9.17) is 4.74 Å². The molecule has 0 aromatic carbocycles. The number of nitrogens with zero attached hydrogens (tertiary/aromatic N) is 1. The van der Waals surface area contributed by atoms with Crippen molar-refractivity contribution in [3.8, 4) is 0 Å². The van der Waals surface area contributed by atoms with Gasteiger partial charge in [0.1, 0.15) is 0 Å². The van der Waals surface area contributed by atoms with Gasteiger partial charge < -0.3 is 15.0 Å². The molecular weight excluding hydrogens is 168 g/mol. The zero-order valence-corrected chi connectivity index (χ0v) is 8.12. The van der Waals surface area contributed by atoms with Crippen molar-refractivity contribution in [2.75, 3.05) is 20.7 Å². The summed E-state index contributed by atoms with van der Waals surface area (Å²) < 4.78 is 5.50. The molecule has 74 valence electrons. The van der Waals surface area contributed by atoms with Gasteiger partial charge in [-0.2, -0.15) is 0 Å². The molecule has 2 aliphatic heterocycles. The van der Waals surface area contributed by atoms with Crippen molar-refractivity contribution in [1.29, 1.82) is 0 Å². The zero-order chi connectivity index (χ0) is 9.42. The van der Waals surface area contributed by atoms with Crippen LogP contribution < -0.4 is 5.32 Å². The van der Waals surface area contributed by atoms with Gasteiger partial charge >= 0.3 is 0 Å². The standard InChI is InChI=1S/C9H16N2O2/c1-11(2)9(12)7-5-8-6(10-7)3-4-13-8/h6-8,10H,3-5H2,1-2H3/t6-,7-,8-/m0/s1. The van der Waals surface area contributed by atoms with Gasteiger partial charge in [0.15, 0.2) is 0 Å². The minimum absolute atomic E-state index is 0.0229. The second-order valence-electron chi connectivity index (χ2n) is 3.99. The number of nitrogens with one attached hydrogen (secondary N) is 1. The molecule has 13 heavy (non-hydrogen) atoms. The molecule has 2 rings (SSSR count). The SMILES string of the molecule is CN(C)C(=O)[C@@H]1C[C@@H]2OCC[C@@H]2N1. The number of hydrogen-bond acceptors (Lipinski definition) is 3. The lowest BCUT2D eigenvalue weighted by Gasteiger charge is -2.17. The smallest absolute Gasteiger partial charge is 0.239 e. The van der Waals surface area contributed by atoms with Crippen LogP contribution in [0.15, 0.2) is 0 Å². The molecule has 0 unspecified atom stereocenters. The summed E-state index contributed by atoms with van der Waals surface area (Å²) in [5.74, 6) is 0.165. The van der Waals surface area contributed by atoms with Crippen molar-refractivity contribution < 1.29 is 9.53 Å². The van der Waals surface area contributed by atoms with Gasteiger partial charge in [0.25, 0.3) is 0 Å². The summed E-state index contributed by atoms with van der Waals surface area (Å²) in [5.41, 5.74) is 0. The maximum absolute atomic E-state index is 11.6. The van der Waals surface area contributed by atoms with Crippen LogP contribution in [0.3, 0.4) is 0 Å². The molecule has 1 N–H and O–H groups in total. The van der Waals surface area contributed by atoms with Crippen LogP contribution in [-0.2, 0) is 9.53 Å². The van der Waals surface area contributed by atoms with Crippen LogP contribution in [0.1, 0.15) is 12.8 Å². The molecular formula is C9H16N2O2. The molecule has 0 aliphatic carbocycles. The highest BCUT2D eigenvalue weighted by molar-refractivity contribution is 5.81. The number of ether oxygens (including phenoxy) is 1. The first kappa shape index (κ1) is 8.97. The molecule has 1 amide bonds. The predicted octanol–water partition coefficient (Wildman–Crippen LogP) is -0.406. The van der Waals surface area contributed by atoms with Crippen molar-refractivity contribution in [2.24, 2.45) is 0 Å². The lowest BCUT2D eigenvalue weighted by atomic mass is 10.1. The van der Waals surface area contributed by atoms with E-state index in [0.29, 0.717) is 6.04 Å². The van der Waals surface area contributed by atoms with E-state index in [1.165, 1.54) is 0 Å². The van der Waals surface area contributed by atoms with Gasteiger partial charge in [-0.3, -0.25) is 4.79 Å². The van der Waals surface area contributed by atoms with Gasteiger partial charge in [0, 0.05) is 26.7 Å². The fourth-order valence-electron chi connectivity index (χ4n) is 2.11. The third-order valence-corrected chi connectivity index (χ3v) is 2.83. The Morgan fingerprint density at radius 2 is 2.31 bits per heavy atom. The van der Waals surface area contributed by atoms with Gasteiger partial charge in [-0.25, -0.2) is 0 Å². The van der Waals surface area contributed by atoms with Crippen LogP contribution in [0.5, 0.6) is 0 Å². The number of rotatable bonds is 1. The molecule has 0 aromatic heterocycles. The topological polar surface area (TPSA) is 41.6 Å². The molecule has 0 aromatic rings. The van der Waals surface area contributed by atoms with Crippen LogP contribution in [-0.4, -0.2) is 49.7 Å². The van der Waals surface area contributed by atoms with Gasteiger partial charge in [-0.15, -0.1) is 0 Å². The first-order valence-corrected chi connectivity index (χ1v) is 4.77. The maximum atomic E-state index is 11.6. The van der Waals surface area contributed by atoms with E-state index in [1.54, 1.807) is 19.0 Å². The Hall–Kier alpha value is -0.610. The van der Waals surface area contributed by atoms with E-state index in [2.05, 4.69) is 5.32 Å². The van der Waals surface area contributed by atoms with Gasteiger partial charge in [0.2, 0.25) is 5.91 Å². The van der Waals surface area contributed by atoms with E-state index in [1.807, 2.05) is 0 Å². The summed E-state index contributed by atoms with van der Waals surface area (Å²) in [5, 5.41) is 3.32. The highest BCUT2D eigenvalue weighted by Crippen LogP contribution is 2.25. The molecule has 0 bridgehead atoms. The van der Waals surface area contributed by atoms with Crippen molar-refractivity contribution in [2.45, 2.75) is 31.0 Å². The first-order valence-electron chi connectivity index (χ1n) is 4.77. The maximum Gasteiger partial charge on any atom is 0.239 e. The number of likely N-dealkylation sites (N-methyl/N-ethyl adjacent to an activating group) is 1. The lowest BCUT2D eigenvalue weighted by molar-refractivity contribution is -0.130. The summed E-state index contributed by atoms with van der Waals surface area (Å²) in [6.07, 6.45) is 2.15. The second kappa shape index (κ2) is 3.27. The molecule has 2 aliphatic rings. The van der Waals surface area contributed by atoms with Crippen LogP contribution in [0.25, 0.3) is 0 Å². The third kappa shape index (κ3) is 1.56. The Bertz CT molecular complexity index is 206. The number of hydrogen-bond donors (Lipinski definition) is 1. The minimum Gasteiger partial charge on any atom is -0.376 e. The Morgan fingerprint density at radius 3 is 2.92 bits per heavy atom. The van der Waals surface area contributed by atoms with Crippen LogP contribution in [0, 0.1) is 0 Å². The molecule has 4 heteroatoms. The average molecular weight is 184 g/mol. The van der Waals surface area contributed by atoms with E-state index in [-0.39, 0.29) is 18.1 Å². The summed E-state index contributed by atoms with van der Waals surface area (Å²) in [6.45, 7) is 0.839. The first-order chi connectivity index (χ1) is 6.18. The number of carbonyl (C=O) groups is 1.